The van der Waals surface area contributed by atoms with Gasteiger partial charge < -0.3 is 4.74 Å². The molecule has 12 heavy (non-hydrogen) atoms. The highest BCUT2D eigenvalue weighted by Crippen LogP contribution is 2.00. The predicted octanol–water partition coefficient (Wildman–Crippen LogP) is -0.734. The first kappa shape index (κ1) is 8.32. The van der Waals surface area contributed by atoms with E-state index in [-0.39, 0.29) is 5.57 Å². The quantitative estimate of drug-likeness (QED) is 0.381. The SMILES string of the molecule is COC(=O)C1=CC(=O)C(=O)N=C1. The van der Waals surface area contributed by atoms with Crippen molar-refractivity contribution in [3.8, 4) is 0 Å². The Balaban J connectivity index is 2.90. The second kappa shape index (κ2) is 3.08. The maximum absolute atomic E-state index is 10.8. The molecule has 1 rings (SSSR count). The van der Waals surface area contributed by atoms with Gasteiger partial charge in [-0.15, -0.1) is 0 Å². The van der Waals surface area contributed by atoms with Gasteiger partial charge in [0.15, 0.2) is 0 Å². The highest BCUT2D eigenvalue weighted by molar-refractivity contribution is 6.46. The average Bonchev–Trinajstić information content (AvgIpc) is 2.08. The van der Waals surface area contributed by atoms with E-state index in [0.717, 1.165) is 12.3 Å². The molecule has 5 nitrogen and oxygen atoms in total. The fraction of sp³-hybridized carbons (Fsp3) is 0.143. The van der Waals surface area contributed by atoms with E-state index in [1.165, 1.54) is 7.11 Å². The molecule has 1 amide bonds. The van der Waals surface area contributed by atoms with Gasteiger partial charge in [-0.25, -0.2) is 9.79 Å². The van der Waals surface area contributed by atoms with Crippen LogP contribution < -0.4 is 0 Å². The molecule has 0 aromatic rings. The molecular formula is C7H5NO4. The third-order valence-corrected chi connectivity index (χ3v) is 1.24. The number of ether oxygens (including phenoxy) is 1. The monoisotopic (exact) mass is 167 g/mol. The Bertz CT molecular complexity index is 313. The van der Waals surface area contributed by atoms with E-state index in [0.29, 0.717) is 0 Å². The molecule has 0 N–H and O–H groups in total. The summed E-state index contributed by atoms with van der Waals surface area (Å²) in [5, 5.41) is 0. The molecule has 0 radical (unpaired) electrons. The summed E-state index contributed by atoms with van der Waals surface area (Å²) in [5.74, 6) is -2.36. The second-order valence-corrected chi connectivity index (χ2v) is 2.02. The molecule has 0 fully saturated rings. The Morgan fingerprint density at radius 2 is 2.17 bits per heavy atom. The van der Waals surface area contributed by atoms with Crippen molar-refractivity contribution in [1.29, 1.82) is 0 Å². The van der Waals surface area contributed by atoms with Crippen molar-refractivity contribution in [2.45, 2.75) is 0 Å². The van der Waals surface area contributed by atoms with Gasteiger partial charge in [0.2, 0.25) is 5.78 Å². The van der Waals surface area contributed by atoms with Gasteiger partial charge in [-0.1, -0.05) is 0 Å². The van der Waals surface area contributed by atoms with Gasteiger partial charge in [0.1, 0.15) is 0 Å². The number of rotatable bonds is 1. The van der Waals surface area contributed by atoms with E-state index in [2.05, 4.69) is 9.73 Å². The number of esters is 1. The van der Waals surface area contributed by atoms with Crippen LogP contribution in [0.3, 0.4) is 0 Å². The van der Waals surface area contributed by atoms with Crippen molar-refractivity contribution >= 4 is 23.9 Å². The Labute approximate surface area is 67.7 Å². The molecule has 0 saturated heterocycles. The standard InChI is InChI=1S/C7H5NO4/c1-12-7(11)4-2-5(9)6(10)8-3-4/h2-3H,1H3. The summed E-state index contributed by atoms with van der Waals surface area (Å²) in [4.78, 5) is 35.1. The van der Waals surface area contributed by atoms with Crippen LogP contribution in [-0.4, -0.2) is 31.0 Å². The van der Waals surface area contributed by atoms with Crippen LogP contribution >= 0.6 is 0 Å². The van der Waals surface area contributed by atoms with Gasteiger partial charge in [-0.3, -0.25) is 9.59 Å². The van der Waals surface area contributed by atoms with Crippen molar-refractivity contribution in [3.05, 3.63) is 11.6 Å². The molecular weight excluding hydrogens is 162 g/mol. The molecule has 62 valence electrons. The Morgan fingerprint density at radius 3 is 2.67 bits per heavy atom. The predicted molar refractivity (Wildman–Crippen MR) is 38.6 cm³/mol. The van der Waals surface area contributed by atoms with E-state index in [9.17, 15) is 14.4 Å². The third kappa shape index (κ3) is 1.45. The van der Waals surface area contributed by atoms with Gasteiger partial charge in [-0.2, -0.15) is 0 Å². The normalized spacial score (nSPS) is 15.9. The Morgan fingerprint density at radius 1 is 1.50 bits per heavy atom. The fourth-order valence-electron chi connectivity index (χ4n) is 0.662. The number of carbonyl (C=O) groups excluding carboxylic acids is 3. The maximum atomic E-state index is 10.8. The highest BCUT2D eigenvalue weighted by atomic mass is 16.5. The van der Waals surface area contributed by atoms with E-state index < -0.39 is 17.7 Å². The van der Waals surface area contributed by atoms with E-state index in [1.54, 1.807) is 0 Å². The molecule has 0 atom stereocenters. The molecule has 1 heterocycles. The molecule has 0 bridgehead atoms. The molecule has 0 aromatic heterocycles. The largest absolute Gasteiger partial charge is 0.465 e. The zero-order valence-corrected chi connectivity index (χ0v) is 6.23. The summed E-state index contributed by atoms with van der Waals surface area (Å²) in [7, 11) is 1.18. The molecule has 0 unspecified atom stereocenters. The lowest BCUT2D eigenvalue weighted by Crippen LogP contribution is -2.18. The summed E-state index contributed by atoms with van der Waals surface area (Å²) in [6.45, 7) is 0. The molecule has 0 spiro atoms. The zero-order valence-electron chi connectivity index (χ0n) is 6.23. The van der Waals surface area contributed by atoms with Crippen molar-refractivity contribution in [2.75, 3.05) is 7.11 Å². The summed E-state index contributed by atoms with van der Waals surface area (Å²) in [5.41, 5.74) is -0.0119. The zero-order chi connectivity index (χ0) is 9.14. The first-order valence-electron chi connectivity index (χ1n) is 3.07. The van der Waals surface area contributed by atoms with Crippen LogP contribution in [0.2, 0.25) is 0 Å². The topological polar surface area (TPSA) is 72.8 Å². The first-order chi connectivity index (χ1) is 5.65. The number of nitrogens with zero attached hydrogens (tertiary/aromatic N) is 1. The number of methoxy groups -OCH3 is 1. The van der Waals surface area contributed by atoms with Crippen LogP contribution in [0, 0.1) is 0 Å². The average molecular weight is 167 g/mol. The van der Waals surface area contributed by atoms with Crippen molar-refractivity contribution < 1.29 is 19.1 Å². The number of hydrogen-bond acceptors (Lipinski definition) is 4. The lowest BCUT2D eigenvalue weighted by Gasteiger charge is -2.01. The molecule has 0 aromatic carbocycles. The van der Waals surface area contributed by atoms with Crippen LogP contribution in [0.25, 0.3) is 0 Å². The van der Waals surface area contributed by atoms with Crippen LogP contribution in [0.4, 0.5) is 0 Å². The lowest BCUT2D eigenvalue weighted by atomic mass is 10.2. The number of aliphatic imine (C=N–C) groups is 1. The van der Waals surface area contributed by atoms with Gasteiger partial charge >= 0.3 is 11.9 Å². The first-order valence-corrected chi connectivity index (χ1v) is 3.07. The number of dihydropyridines is 1. The smallest absolute Gasteiger partial charge is 0.339 e. The molecule has 1 aliphatic heterocycles. The van der Waals surface area contributed by atoms with Crippen LogP contribution in [-0.2, 0) is 19.1 Å². The van der Waals surface area contributed by atoms with Gasteiger partial charge in [0.25, 0.3) is 0 Å². The number of ketones is 1. The minimum Gasteiger partial charge on any atom is -0.465 e. The minimum absolute atomic E-state index is 0.0119. The van der Waals surface area contributed by atoms with Crippen molar-refractivity contribution in [2.24, 2.45) is 4.99 Å². The number of carbonyl (C=O) groups is 3. The minimum atomic E-state index is -0.873. The Kier molecular flexibility index (Phi) is 2.14. The third-order valence-electron chi connectivity index (χ3n) is 1.24. The van der Waals surface area contributed by atoms with Crippen molar-refractivity contribution in [3.63, 3.8) is 0 Å². The molecule has 5 heteroatoms. The van der Waals surface area contributed by atoms with Gasteiger partial charge in [0.05, 0.1) is 12.7 Å². The van der Waals surface area contributed by atoms with Crippen LogP contribution in [0.1, 0.15) is 0 Å². The summed E-state index contributed by atoms with van der Waals surface area (Å²) in [6.07, 6.45) is 1.91. The van der Waals surface area contributed by atoms with Crippen LogP contribution in [0.15, 0.2) is 16.6 Å². The molecule has 0 aliphatic carbocycles. The second-order valence-electron chi connectivity index (χ2n) is 2.02. The fourth-order valence-corrected chi connectivity index (χ4v) is 0.662. The molecule has 1 aliphatic rings. The van der Waals surface area contributed by atoms with Gasteiger partial charge in [-0.05, 0) is 0 Å². The maximum Gasteiger partial charge on any atom is 0.339 e. The van der Waals surface area contributed by atoms with E-state index >= 15 is 0 Å². The summed E-state index contributed by atoms with van der Waals surface area (Å²) in [6, 6.07) is 0. The highest BCUT2D eigenvalue weighted by Gasteiger charge is 2.19. The lowest BCUT2D eigenvalue weighted by molar-refractivity contribution is -0.136. The van der Waals surface area contributed by atoms with Gasteiger partial charge in [0, 0.05) is 12.3 Å². The van der Waals surface area contributed by atoms with Crippen molar-refractivity contribution in [1.82, 2.24) is 0 Å². The summed E-state index contributed by atoms with van der Waals surface area (Å²) < 4.78 is 4.31. The molecule has 0 saturated carbocycles. The summed E-state index contributed by atoms with van der Waals surface area (Å²) >= 11 is 0. The van der Waals surface area contributed by atoms with Crippen LogP contribution in [0.5, 0.6) is 0 Å². The van der Waals surface area contributed by atoms with E-state index in [4.69, 9.17) is 0 Å². The number of hydrogen-bond donors (Lipinski definition) is 0. The number of amides is 1. The van der Waals surface area contributed by atoms with E-state index in [1.807, 2.05) is 0 Å². The Hall–Kier alpha value is -1.78.